The maximum atomic E-state index is 12.1. The summed E-state index contributed by atoms with van der Waals surface area (Å²) in [5.41, 5.74) is 1.22. The van der Waals surface area contributed by atoms with Crippen LogP contribution in [0.5, 0.6) is 5.75 Å². The van der Waals surface area contributed by atoms with Crippen molar-refractivity contribution in [1.29, 1.82) is 0 Å². The highest BCUT2D eigenvalue weighted by molar-refractivity contribution is 5.78. The van der Waals surface area contributed by atoms with Gasteiger partial charge in [-0.05, 0) is 45.7 Å². The molecule has 0 saturated carbocycles. The first-order valence-electron chi connectivity index (χ1n) is 8.39. The van der Waals surface area contributed by atoms with E-state index in [1.807, 2.05) is 6.92 Å². The Kier molecular flexibility index (Phi) is 7.83. The second kappa shape index (κ2) is 9.36. The first-order chi connectivity index (χ1) is 11.7. The number of hydrogen-bond acceptors (Lipinski definition) is 6. The molecule has 0 heterocycles. The van der Waals surface area contributed by atoms with Gasteiger partial charge in [-0.15, -0.1) is 0 Å². The maximum absolute atomic E-state index is 12.1. The topological polar surface area (TPSA) is 87.9 Å². The van der Waals surface area contributed by atoms with Gasteiger partial charge >= 0.3 is 11.7 Å². The molecule has 0 amide bonds. The maximum Gasteiger partial charge on any atom is 0.339 e. The largest absolute Gasteiger partial charge is 0.487 e. The fourth-order valence-electron chi connectivity index (χ4n) is 2.53. The lowest BCUT2D eigenvalue weighted by molar-refractivity contribution is -0.386. The molecule has 7 nitrogen and oxygen atoms in total. The molecule has 0 bridgehead atoms. The first-order valence-corrected chi connectivity index (χ1v) is 8.39. The van der Waals surface area contributed by atoms with Crippen LogP contribution in [0.2, 0.25) is 0 Å². The summed E-state index contributed by atoms with van der Waals surface area (Å²) in [5, 5.41) is 11.6. The van der Waals surface area contributed by atoms with Crippen molar-refractivity contribution in [1.82, 2.24) is 0 Å². The molecule has 0 fully saturated rings. The molecule has 0 unspecified atom stereocenters. The molecule has 1 aromatic rings. The number of nitro benzene ring substituents is 1. The summed E-state index contributed by atoms with van der Waals surface area (Å²) in [5.74, 6) is -0.349. The Morgan fingerprint density at radius 1 is 1.32 bits per heavy atom. The van der Waals surface area contributed by atoms with Gasteiger partial charge in [-0.1, -0.05) is 13.3 Å². The summed E-state index contributed by atoms with van der Waals surface area (Å²) in [4.78, 5) is 23.3. The van der Waals surface area contributed by atoms with E-state index in [2.05, 4.69) is 0 Å². The molecule has 0 aliphatic rings. The standard InChI is InChI=1S/C18H27NO6/c1-7-8-9-24-16-12(4)10-14(13(5)15(16)19(21)22)17(18(20)23-6)25-11(2)3/h10-11,17H,7-9H2,1-6H3/t17-/m0/s1. The molecule has 0 N–H and O–H groups in total. The van der Waals surface area contributed by atoms with Gasteiger partial charge < -0.3 is 14.2 Å². The average Bonchev–Trinajstić information content (AvgIpc) is 2.54. The Morgan fingerprint density at radius 2 is 1.96 bits per heavy atom. The molecule has 0 radical (unpaired) electrons. The van der Waals surface area contributed by atoms with E-state index < -0.39 is 17.0 Å². The normalized spacial score (nSPS) is 12.1. The summed E-state index contributed by atoms with van der Waals surface area (Å²) in [6, 6.07) is 1.70. The predicted molar refractivity (Wildman–Crippen MR) is 94.0 cm³/mol. The number of benzene rings is 1. The zero-order chi connectivity index (χ0) is 19.1. The van der Waals surface area contributed by atoms with E-state index in [4.69, 9.17) is 14.2 Å². The third-order valence-electron chi connectivity index (χ3n) is 3.77. The van der Waals surface area contributed by atoms with E-state index in [1.165, 1.54) is 7.11 Å². The third kappa shape index (κ3) is 5.16. The lowest BCUT2D eigenvalue weighted by Gasteiger charge is -2.22. The van der Waals surface area contributed by atoms with Crippen LogP contribution >= 0.6 is 0 Å². The number of methoxy groups -OCH3 is 1. The SMILES string of the molecule is CCCCOc1c(C)cc([C@H](OC(C)C)C(=O)OC)c(C)c1[N+](=O)[O-]. The van der Waals surface area contributed by atoms with Gasteiger partial charge in [0.15, 0.2) is 11.9 Å². The summed E-state index contributed by atoms with van der Waals surface area (Å²) in [6.45, 7) is 9.31. The predicted octanol–water partition coefficient (Wildman–Crippen LogP) is 4.03. The summed E-state index contributed by atoms with van der Waals surface area (Å²) in [7, 11) is 1.26. The highest BCUT2D eigenvalue weighted by Crippen LogP contribution is 2.39. The number of unbranched alkanes of at least 4 members (excludes halogenated alkanes) is 1. The van der Waals surface area contributed by atoms with Crippen molar-refractivity contribution in [2.24, 2.45) is 0 Å². The molecule has 140 valence electrons. The van der Waals surface area contributed by atoms with E-state index in [1.54, 1.807) is 33.8 Å². The van der Waals surface area contributed by atoms with Crippen molar-refractivity contribution in [3.05, 3.63) is 32.9 Å². The zero-order valence-electron chi connectivity index (χ0n) is 15.8. The number of aryl methyl sites for hydroxylation is 1. The minimum Gasteiger partial charge on any atom is -0.487 e. The number of esters is 1. The molecular formula is C18H27NO6. The fraction of sp³-hybridized carbons (Fsp3) is 0.611. The van der Waals surface area contributed by atoms with Crippen LogP contribution in [0.4, 0.5) is 5.69 Å². The van der Waals surface area contributed by atoms with Crippen molar-refractivity contribution in [2.75, 3.05) is 13.7 Å². The van der Waals surface area contributed by atoms with E-state index in [0.29, 0.717) is 23.3 Å². The van der Waals surface area contributed by atoms with E-state index in [-0.39, 0.29) is 17.5 Å². The molecule has 7 heteroatoms. The number of ether oxygens (including phenoxy) is 3. The van der Waals surface area contributed by atoms with Crippen molar-refractivity contribution < 1.29 is 23.9 Å². The quantitative estimate of drug-likeness (QED) is 0.288. The minimum atomic E-state index is -1.02. The smallest absolute Gasteiger partial charge is 0.339 e. The van der Waals surface area contributed by atoms with Crippen LogP contribution in [0.3, 0.4) is 0 Å². The highest BCUT2D eigenvalue weighted by Gasteiger charge is 2.32. The minimum absolute atomic E-state index is 0.132. The number of hydrogen-bond donors (Lipinski definition) is 0. The van der Waals surface area contributed by atoms with Crippen LogP contribution in [-0.2, 0) is 14.3 Å². The lowest BCUT2D eigenvalue weighted by Crippen LogP contribution is -2.22. The number of nitrogens with zero attached hydrogens (tertiary/aromatic N) is 1. The second-order valence-corrected chi connectivity index (χ2v) is 6.13. The molecule has 0 aliphatic heterocycles. The van der Waals surface area contributed by atoms with Gasteiger partial charge in [0.05, 0.1) is 24.7 Å². The number of carbonyl (C=O) groups excluding carboxylic acids is 1. The Hall–Kier alpha value is -2.15. The Morgan fingerprint density at radius 3 is 2.44 bits per heavy atom. The molecule has 1 rings (SSSR count). The highest BCUT2D eigenvalue weighted by atomic mass is 16.6. The van der Waals surface area contributed by atoms with Gasteiger partial charge in [0.1, 0.15) is 0 Å². The monoisotopic (exact) mass is 353 g/mol. The lowest BCUT2D eigenvalue weighted by atomic mass is 9.97. The van der Waals surface area contributed by atoms with Gasteiger partial charge in [-0.25, -0.2) is 4.79 Å². The van der Waals surface area contributed by atoms with Crippen molar-refractivity contribution >= 4 is 11.7 Å². The summed E-state index contributed by atoms with van der Waals surface area (Å²) >= 11 is 0. The molecule has 0 aromatic heterocycles. The van der Waals surface area contributed by atoms with E-state index >= 15 is 0 Å². The average molecular weight is 353 g/mol. The molecule has 0 saturated heterocycles. The van der Waals surface area contributed by atoms with Crippen molar-refractivity contribution in [3.63, 3.8) is 0 Å². The van der Waals surface area contributed by atoms with Crippen LogP contribution < -0.4 is 4.74 Å². The zero-order valence-corrected chi connectivity index (χ0v) is 15.8. The van der Waals surface area contributed by atoms with Gasteiger partial charge in [-0.2, -0.15) is 0 Å². The van der Waals surface area contributed by atoms with Crippen LogP contribution in [-0.4, -0.2) is 30.7 Å². The molecule has 1 aromatic carbocycles. The molecule has 25 heavy (non-hydrogen) atoms. The van der Waals surface area contributed by atoms with Gasteiger partial charge in [0.25, 0.3) is 0 Å². The van der Waals surface area contributed by atoms with E-state index in [9.17, 15) is 14.9 Å². The molecule has 0 spiro atoms. The Bertz CT molecular complexity index is 626. The number of nitro groups is 1. The number of rotatable bonds is 9. The van der Waals surface area contributed by atoms with Crippen LogP contribution in [0.25, 0.3) is 0 Å². The van der Waals surface area contributed by atoms with Crippen LogP contribution in [0.15, 0.2) is 6.07 Å². The van der Waals surface area contributed by atoms with Crippen molar-refractivity contribution in [2.45, 2.75) is 59.7 Å². The third-order valence-corrected chi connectivity index (χ3v) is 3.77. The Labute approximate surface area is 148 Å². The van der Waals surface area contributed by atoms with Crippen LogP contribution in [0, 0.1) is 24.0 Å². The fourth-order valence-corrected chi connectivity index (χ4v) is 2.53. The second-order valence-electron chi connectivity index (χ2n) is 6.13. The Balaban J connectivity index is 3.46. The van der Waals surface area contributed by atoms with Gasteiger partial charge in [0.2, 0.25) is 0 Å². The van der Waals surface area contributed by atoms with Gasteiger partial charge in [-0.3, -0.25) is 10.1 Å². The van der Waals surface area contributed by atoms with E-state index in [0.717, 1.165) is 12.8 Å². The first kappa shape index (κ1) is 20.9. The summed E-state index contributed by atoms with van der Waals surface area (Å²) < 4.78 is 16.1. The van der Waals surface area contributed by atoms with Gasteiger partial charge in [0, 0.05) is 11.1 Å². The van der Waals surface area contributed by atoms with Crippen LogP contribution in [0.1, 0.15) is 56.4 Å². The molecule has 0 aliphatic carbocycles. The summed E-state index contributed by atoms with van der Waals surface area (Å²) in [6.07, 6.45) is 0.463. The molecule has 1 atom stereocenters. The van der Waals surface area contributed by atoms with Crippen molar-refractivity contribution in [3.8, 4) is 5.75 Å². The molecular weight excluding hydrogens is 326 g/mol. The number of carbonyl (C=O) groups is 1.